The van der Waals surface area contributed by atoms with Gasteiger partial charge in [0.15, 0.2) is 0 Å². The third kappa shape index (κ3) is 3.81. The average molecular weight is 279 g/mol. The van der Waals surface area contributed by atoms with Gasteiger partial charge in [-0.15, -0.1) is 10.2 Å². The number of hydrogen-bond donors (Lipinski definition) is 1. The van der Waals surface area contributed by atoms with Gasteiger partial charge in [0, 0.05) is 12.0 Å². The molecular weight excluding hydrogens is 261 g/mol. The number of benzene rings is 1. The summed E-state index contributed by atoms with van der Waals surface area (Å²) in [6.45, 7) is 6.03. The predicted octanol–water partition coefficient (Wildman–Crippen LogP) is 3.19. The molecule has 0 saturated heterocycles. The van der Waals surface area contributed by atoms with Gasteiger partial charge in [-0.3, -0.25) is 0 Å². The molecule has 0 aliphatic heterocycles. The first kappa shape index (κ1) is 14.1. The van der Waals surface area contributed by atoms with Crippen molar-refractivity contribution in [1.82, 2.24) is 15.5 Å². The second-order valence-corrected chi connectivity index (χ2v) is 5.48. The lowest BCUT2D eigenvalue weighted by Crippen LogP contribution is -2.14. The van der Waals surface area contributed by atoms with Crippen LogP contribution in [0, 0.1) is 12.7 Å². The van der Waals surface area contributed by atoms with Crippen LogP contribution in [-0.2, 0) is 6.42 Å². The van der Waals surface area contributed by atoms with Crippen molar-refractivity contribution in [3.8, 4) is 10.6 Å². The standard InChI is InChI=1S/C14H18FN3S/c1-3-16-8-4-5-13-17-18-14(19-13)12-9-11(15)7-6-10(12)2/h6-7,9,16H,3-5,8H2,1-2H3. The number of rotatable bonds is 6. The molecule has 1 N–H and O–H groups in total. The molecule has 1 heterocycles. The highest BCUT2D eigenvalue weighted by Crippen LogP contribution is 2.27. The van der Waals surface area contributed by atoms with Gasteiger partial charge in [0.25, 0.3) is 0 Å². The van der Waals surface area contributed by atoms with Crippen molar-refractivity contribution >= 4 is 11.3 Å². The summed E-state index contributed by atoms with van der Waals surface area (Å²) in [6.07, 6.45) is 1.96. The minimum Gasteiger partial charge on any atom is -0.317 e. The number of hydrogen-bond acceptors (Lipinski definition) is 4. The number of aryl methyl sites for hydroxylation is 2. The van der Waals surface area contributed by atoms with Crippen LogP contribution < -0.4 is 5.32 Å². The first-order valence-electron chi connectivity index (χ1n) is 6.50. The summed E-state index contributed by atoms with van der Waals surface area (Å²) in [5.74, 6) is -0.232. The maximum Gasteiger partial charge on any atom is 0.148 e. The van der Waals surface area contributed by atoms with Crippen molar-refractivity contribution in [2.45, 2.75) is 26.7 Å². The Hall–Kier alpha value is -1.33. The Morgan fingerprint density at radius 3 is 2.95 bits per heavy atom. The lowest BCUT2D eigenvalue weighted by molar-refractivity contribution is 0.628. The number of nitrogens with zero attached hydrogens (tertiary/aromatic N) is 2. The van der Waals surface area contributed by atoms with Crippen LogP contribution in [0.25, 0.3) is 10.6 Å². The fourth-order valence-electron chi connectivity index (χ4n) is 1.83. The smallest absolute Gasteiger partial charge is 0.148 e. The van der Waals surface area contributed by atoms with Crippen LogP contribution in [-0.4, -0.2) is 23.3 Å². The lowest BCUT2D eigenvalue weighted by atomic mass is 10.1. The van der Waals surface area contributed by atoms with Crippen LogP contribution in [0.3, 0.4) is 0 Å². The molecule has 0 fully saturated rings. The molecule has 0 amide bonds. The van der Waals surface area contributed by atoms with Gasteiger partial charge in [-0.25, -0.2) is 4.39 Å². The zero-order valence-corrected chi connectivity index (χ0v) is 12.1. The highest BCUT2D eigenvalue weighted by atomic mass is 32.1. The second-order valence-electron chi connectivity index (χ2n) is 4.42. The Morgan fingerprint density at radius 2 is 2.16 bits per heavy atom. The molecule has 5 heteroatoms. The Morgan fingerprint density at radius 1 is 1.32 bits per heavy atom. The Balaban J connectivity index is 2.06. The normalized spacial score (nSPS) is 10.9. The molecule has 1 aromatic carbocycles. The van der Waals surface area contributed by atoms with Gasteiger partial charge in [0.1, 0.15) is 15.8 Å². The molecule has 0 atom stereocenters. The molecule has 0 radical (unpaired) electrons. The van der Waals surface area contributed by atoms with E-state index in [-0.39, 0.29) is 5.82 Å². The van der Waals surface area contributed by atoms with Gasteiger partial charge in [0.2, 0.25) is 0 Å². The van der Waals surface area contributed by atoms with E-state index >= 15 is 0 Å². The minimum absolute atomic E-state index is 0.232. The van der Waals surface area contributed by atoms with Crippen molar-refractivity contribution in [3.63, 3.8) is 0 Å². The van der Waals surface area contributed by atoms with Crippen molar-refractivity contribution < 1.29 is 4.39 Å². The van der Waals surface area contributed by atoms with E-state index in [1.807, 2.05) is 6.92 Å². The van der Waals surface area contributed by atoms with Crippen molar-refractivity contribution in [2.75, 3.05) is 13.1 Å². The van der Waals surface area contributed by atoms with Crippen molar-refractivity contribution in [2.24, 2.45) is 0 Å². The van der Waals surface area contributed by atoms with E-state index in [1.54, 1.807) is 17.4 Å². The molecule has 102 valence electrons. The summed E-state index contributed by atoms with van der Waals surface area (Å²) in [5.41, 5.74) is 1.87. The SMILES string of the molecule is CCNCCCc1nnc(-c2cc(F)ccc2C)s1. The van der Waals surface area contributed by atoms with Gasteiger partial charge < -0.3 is 5.32 Å². The van der Waals surface area contributed by atoms with E-state index < -0.39 is 0 Å². The third-order valence-corrected chi connectivity index (χ3v) is 3.91. The minimum atomic E-state index is -0.232. The summed E-state index contributed by atoms with van der Waals surface area (Å²) in [6, 6.07) is 4.77. The summed E-state index contributed by atoms with van der Waals surface area (Å²) >= 11 is 1.55. The maximum absolute atomic E-state index is 13.3. The van der Waals surface area contributed by atoms with Crippen LogP contribution in [0.4, 0.5) is 4.39 Å². The maximum atomic E-state index is 13.3. The molecule has 0 unspecified atom stereocenters. The molecule has 0 aliphatic carbocycles. The van der Waals surface area contributed by atoms with Crippen LogP contribution in [0.5, 0.6) is 0 Å². The number of nitrogens with one attached hydrogen (secondary N) is 1. The molecular formula is C14H18FN3S. The molecule has 0 spiro atoms. The van der Waals surface area contributed by atoms with Crippen LogP contribution >= 0.6 is 11.3 Å². The largest absolute Gasteiger partial charge is 0.317 e. The Kier molecular flexibility index (Phi) is 4.99. The predicted molar refractivity (Wildman–Crippen MR) is 76.9 cm³/mol. The van der Waals surface area contributed by atoms with E-state index in [0.717, 1.165) is 47.1 Å². The fourth-order valence-corrected chi connectivity index (χ4v) is 2.79. The molecule has 19 heavy (non-hydrogen) atoms. The molecule has 0 bridgehead atoms. The van der Waals surface area contributed by atoms with Gasteiger partial charge in [-0.1, -0.05) is 24.3 Å². The highest BCUT2D eigenvalue weighted by Gasteiger charge is 2.10. The molecule has 2 aromatic rings. The van der Waals surface area contributed by atoms with E-state index in [0.29, 0.717) is 0 Å². The zero-order chi connectivity index (χ0) is 13.7. The number of halogens is 1. The van der Waals surface area contributed by atoms with E-state index in [9.17, 15) is 4.39 Å². The summed E-state index contributed by atoms with van der Waals surface area (Å²) < 4.78 is 13.3. The summed E-state index contributed by atoms with van der Waals surface area (Å²) in [4.78, 5) is 0. The van der Waals surface area contributed by atoms with Gasteiger partial charge in [0.05, 0.1) is 0 Å². The third-order valence-electron chi connectivity index (χ3n) is 2.89. The molecule has 3 nitrogen and oxygen atoms in total. The Bertz CT molecular complexity index is 539. The topological polar surface area (TPSA) is 37.8 Å². The van der Waals surface area contributed by atoms with Crippen LogP contribution in [0.1, 0.15) is 23.9 Å². The Labute approximate surface area is 116 Å². The van der Waals surface area contributed by atoms with Gasteiger partial charge >= 0.3 is 0 Å². The average Bonchev–Trinajstić information content (AvgIpc) is 2.86. The van der Waals surface area contributed by atoms with Crippen LogP contribution in [0.15, 0.2) is 18.2 Å². The molecule has 0 saturated carbocycles. The number of aromatic nitrogens is 2. The zero-order valence-electron chi connectivity index (χ0n) is 11.2. The quantitative estimate of drug-likeness (QED) is 0.825. The molecule has 0 aliphatic rings. The van der Waals surface area contributed by atoms with Crippen molar-refractivity contribution in [3.05, 3.63) is 34.6 Å². The lowest BCUT2D eigenvalue weighted by Gasteiger charge is -2.00. The van der Waals surface area contributed by atoms with E-state index in [1.165, 1.54) is 12.1 Å². The van der Waals surface area contributed by atoms with Gasteiger partial charge in [-0.05, 0) is 44.1 Å². The molecule has 1 aromatic heterocycles. The van der Waals surface area contributed by atoms with E-state index in [4.69, 9.17) is 0 Å². The van der Waals surface area contributed by atoms with Gasteiger partial charge in [-0.2, -0.15) is 0 Å². The first-order chi connectivity index (χ1) is 9.20. The summed E-state index contributed by atoms with van der Waals surface area (Å²) in [7, 11) is 0. The fraction of sp³-hybridized carbons (Fsp3) is 0.429. The van der Waals surface area contributed by atoms with Crippen molar-refractivity contribution in [1.29, 1.82) is 0 Å². The first-order valence-corrected chi connectivity index (χ1v) is 7.32. The summed E-state index contributed by atoms with van der Waals surface area (Å²) in [5, 5.41) is 13.4. The van der Waals surface area contributed by atoms with Crippen LogP contribution in [0.2, 0.25) is 0 Å². The van der Waals surface area contributed by atoms with E-state index in [2.05, 4.69) is 22.4 Å². The second kappa shape index (κ2) is 6.73. The highest BCUT2D eigenvalue weighted by molar-refractivity contribution is 7.14. The molecule has 2 rings (SSSR count). The monoisotopic (exact) mass is 279 g/mol.